The first kappa shape index (κ1) is 4.97. The number of rotatable bonds is 0. The molecule has 0 radical (unpaired) electrons. The molecule has 0 aromatic heterocycles. The Balaban J connectivity index is 2.41. The van der Waals surface area contributed by atoms with Gasteiger partial charge in [-0.05, 0) is 12.2 Å². The third-order valence-corrected chi connectivity index (χ3v) is 1.98. The van der Waals surface area contributed by atoms with Crippen molar-refractivity contribution in [3.05, 3.63) is 0 Å². The lowest BCUT2D eigenvalue weighted by atomic mass is 10.3. The fourth-order valence-electron chi connectivity index (χ4n) is 0.531. The number of hydrogen-bond donors (Lipinski definition) is 1. The standard InChI is InChI=1S/C4H7NOS/c6-5-4-1-2-7-3-4/h6H,1-3H2/b5-4-. The SMILES string of the molecule is O/N=C1/CCSC1. The van der Waals surface area contributed by atoms with E-state index in [1.807, 2.05) is 11.8 Å². The van der Waals surface area contributed by atoms with Crippen LogP contribution in [0.3, 0.4) is 0 Å². The number of nitrogens with zero attached hydrogens (tertiary/aromatic N) is 1. The van der Waals surface area contributed by atoms with Crippen LogP contribution in [0.15, 0.2) is 5.16 Å². The van der Waals surface area contributed by atoms with E-state index < -0.39 is 0 Å². The highest BCUT2D eigenvalue weighted by Gasteiger charge is 2.07. The Hall–Kier alpha value is -0.180. The maximum Gasteiger partial charge on any atom is 0.0677 e. The van der Waals surface area contributed by atoms with Crippen molar-refractivity contribution in [2.75, 3.05) is 11.5 Å². The van der Waals surface area contributed by atoms with Gasteiger partial charge in [0, 0.05) is 5.75 Å². The van der Waals surface area contributed by atoms with Crippen molar-refractivity contribution in [3.8, 4) is 0 Å². The third kappa shape index (κ3) is 1.09. The molecule has 1 N–H and O–H groups in total. The molecule has 3 heteroatoms. The minimum atomic E-state index is 0.927. The second-order valence-electron chi connectivity index (χ2n) is 1.47. The molecule has 0 unspecified atom stereocenters. The monoisotopic (exact) mass is 117 g/mol. The molecule has 0 bridgehead atoms. The average Bonchev–Trinajstić information content (AvgIpc) is 2.14. The molecule has 0 atom stereocenters. The molecule has 1 aliphatic heterocycles. The van der Waals surface area contributed by atoms with Gasteiger partial charge in [0.2, 0.25) is 0 Å². The third-order valence-electron chi connectivity index (χ3n) is 0.945. The molecular formula is C4H7NOS. The molecule has 1 aliphatic rings. The molecule has 7 heavy (non-hydrogen) atoms. The highest BCUT2D eigenvalue weighted by atomic mass is 32.2. The van der Waals surface area contributed by atoms with Gasteiger partial charge in [-0.1, -0.05) is 5.16 Å². The highest BCUT2D eigenvalue weighted by Crippen LogP contribution is 2.13. The summed E-state index contributed by atoms with van der Waals surface area (Å²) in [6.45, 7) is 0. The maximum atomic E-state index is 8.14. The zero-order valence-electron chi connectivity index (χ0n) is 3.92. The summed E-state index contributed by atoms with van der Waals surface area (Å²) >= 11 is 1.82. The van der Waals surface area contributed by atoms with Crippen molar-refractivity contribution >= 4 is 17.5 Å². The topological polar surface area (TPSA) is 32.6 Å². The van der Waals surface area contributed by atoms with Crippen LogP contribution in [0.5, 0.6) is 0 Å². The minimum absolute atomic E-state index is 0.927. The Labute approximate surface area is 46.6 Å². The maximum absolute atomic E-state index is 8.14. The molecule has 40 valence electrons. The lowest BCUT2D eigenvalue weighted by Gasteiger charge is -1.81. The Kier molecular flexibility index (Phi) is 1.57. The molecule has 0 aromatic rings. The Bertz CT molecular complexity index is 83.7. The van der Waals surface area contributed by atoms with Gasteiger partial charge in [-0.15, -0.1) is 0 Å². The molecule has 1 fully saturated rings. The molecule has 2 nitrogen and oxygen atoms in total. The van der Waals surface area contributed by atoms with Crippen molar-refractivity contribution in [2.45, 2.75) is 6.42 Å². The van der Waals surface area contributed by atoms with Crippen molar-refractivity contribution in [1.29, 1.82) is 0 Å². The summed E-state index contributed by atoms with van der Waals surface area (Å²) in [5.74, 6) is 2.05. The summed E-state index contributed by atoms with van der Waals surface area (Å²) in [5.41, 5.74) is 0.935. The van der Waals surface area contributed by atoms with E-state index in [0.29, 0.717) is 0 Å². The second kappa shape index (κ2) is 2.21. The fraction of sp³-hybridized carbons (Fsp3) is 0.750. The van der Waals surface area contributed by atoms with Crippen LogP contribution in [0, 0.1) is 0 Å². The summed E-state index contributed by atoms with van der Waals surface area (Å²) in [4.78, 5) is 0. The van der Waals surface area contributed by atoms with E-state index in [2.05, 4.69) is 5.16 Å². The van der Waals surface area contributed by atoms with Crippen LogP contribution in [0.4, 0.5) is 0 Å². The summed E-state index contributed by atoms with van der Waals surface area (Å²) < 4.78 is 0. The molecule has 0 amide bonds. The summed E-state index contributed by atoms with van der Waals surface area (Å²) in [5, 5.41) is 11.2. The van der Waals surface area contributed by atoms with Gasteiger partial charge in [-0.3, -0.25) is 0 Å². The fourth-order valence-corrected chi connectivity index (χ4v) is 1.49. The first-order chi connectivity index (χ1) is 3.43. The predicted octanol–water partition coefficient (Wildman–Crippen LogP) is 0.954. The molecule has 1 saturated heterocycles. The largest absolute Gasteiger partial charge is 0.411 e. The average molecular weight is 117 g/mol. The Morgan fingerprint density at radius 3 is 2.86 bits per heavy atom. The van der Waals surface area contributed by atoms with Crippen LogP contribution in [0.1, 0.15) is 6.42 Å². The molecular weight excluding hydrogens is 110 g/mol. The van der Waals surface area contributed by atoms with E-state index in [-0.39, 0.29) is 0 Å². The van der Waals surface area contributed by atoms with Crippen molar-refractivity contribution in [3.63, 3.8) is 0 Å². The van der Waals surface area contributed by atoms with E-state index >= 15 is 0 Å². The molecule has 0 aromatic carbocycles. The highest BCUT2D eigenvalue weighted by molar-refractivity contribution is 8.00. The van der Waals surface area contributed by atoms with Crippen molar-refractivity contribution in [1.82, 2.24) is 0 Å². The lowest BCUT2D eigenvalue weighted by molar-refractivity contribution is 0.318. The van der Waals surface area contributed by atoms with E-state index in [1.165, 1.54) is 0 Å². The quantitative estimate of drug-likeness (QED) is 0.378. The second-order valence-corrected chi connectivity index (χ2v) is 2.57. The smallest absolute Gasteiger partial charge is 0.0677 e. The summed E-state index contributed by atoms with van der Waals surface area (Å²) in [7, 11) is 0. The van der Waals surface area contributed by atoms with Crippen LogP contribution in [0.25, 0.3) is 0 Å². The van der Waals surface area contributed by atoms with E-state index in [1.54, 1.807) is 0 Å². The van der Waals surface area contributed by atoms with Gasteiger partial charge in [-0.25, -0.2) is 0 Å². The zero-order chi connectivity index (χ0) is 5.11. The van der Waals surface area contributed by atoms with Crippen LogP contribution >= 0.6 is 11.8 Å². The first-order valence-corrected chi connectivity index (χ1v) is 3.36. The van der Waals surface area contributed by atoms with Crippen LogP contribution in [-0.4, -0.2) is 22.4 Å². The summed E-state index contributed by atoms with van der Waals surface area (Å²) in [6, 6.07) is 0. The molecule has 0 saturated carbocycles. The molecule has 1 rings (SSSR count). The van der Waals surface area contributed by atoms with Crippen molar-refractivity contribution < 1.29 is 5.21 Å². The van der Waals surface area contributed by atoms with E-state index in [4.69, 9.17) is 5.21 Å². The van der Waals surface area contributed by atoms with Gasteiger partial charge >= 0.3 is 0 Å². The number of hydrogen-bond acceptors (Lipinski definition) is 3. The predicted molar refractivity (Wildman–Crippen MR) is 31.2 cm³/mol. The summed E-state index contributed by atoms with van der Waals surface area (Å²) in [6.07, 6.45) is 0.973. The zero-order valence-corrected chi connectivity index (χ0v) is 4.74. The minimum Gasteiger partial charge on any atom is -0.411 e. The van der Waals surface area contributed by atoms with Gasteiger partial charge in [0.1, 0.15) is 0 Å². The van der Waals surface area contributed by atoms with E-state index in [0.717, 1.165) is 23.6 Å². The Morgan fingerprint density at radius 2 is 2.57 bits per heavy atom. The van der Waals surface area contributed by atoms with E-state index in [9.17, 15) is 0 Å². The van der Waals surface area contributed by atoms with Crippen molar-refractivity contribution in [2.24, 2.45) is 5.16 Å². The molecule has 0 spiro atoms. The van der Waals surface area contributed by atoms with Gasteiger partial charge in [0.25, 0.3) is 0 Å². The number of oxime groups is 1. The van der Waals surface area contributed by atoms with Gasteiger partial charge in [0.15, 0.2) is 0 Å². The number of thioether (sulfide) groups is 1. The molecule has 1 heterocycles. The van der Waals surface area contributed by atoms with Gasteiger partial charge in [0.05, 0.1) is 5.71 Å². The normalized spacial score (nSPS) is 26.6. The van der Waals surface area contributed by atoms with Gasteiger partial charge < -0.3 is 5.21 Å². The van der Waals surface area contributed by atoms with Crippen LogP contribution in [-0.2, 0) is 0 Å². The van der Waals surface area contributed by atoms with Crippen LogP contribution < -0.4 is 0 Å². The molecule has 0 aliphatic carbocycles. The van der Waals surface area contributed by atoms with Gasteiger partial charge in [-0.2, -0.15) is 11.8 Å². The lowest BCUT2D eigenvalue weighted by Crippen LogP contribution is -1.91. The Morgan fingerprint density at radius 1 is 1.71 bits per heavy atom. The van der Waals surface area contributed by atoms with Crippen LogP contribution in [0.2, 0.25) is 0 Å². The first-order valence-electron chi connectivity index (χ1n) is 2.21.